The first-order chi connectivity index (χ1) is 7.37. The van der Waals surface area contributed by atoms with Gasteiger partial charge in [-0.1, -0.05) is 0 Å². The van der Waals surface area contributed by atoms with E-state index in [1.165, 1.54) is 0 Å². The third-order valence-electron chi connectivity index (χ3n) is 2.65. The fourth-order valence-electron chi connectivity index (χ4n) is 1.83. The van der Waals surface area contributed by atoms with Crippen LogP contribution in [-0.4, -0.2) is 21.4 Å². The Kier molecular flexibility index (Phi) is 2.52. The van der Waals surface area contributed by atoms with Crippen LogP contribution in [0.1, 0.15) is 38.7 Å². The quantitative estimate of drug-likeness (QED) is 0.717. The van der Waals surface area contributed by atoms with Gasteiger partial charge in [-0.3, -0.25) is 9.48 Å². The molecule has 0 aromatic carbocycles. The van der Waals surface area contributed by atoms with Crippen molar-refractivity contribution >= 4 is 5.97 Å². The Bertz CT molecular complexity index is 403. The Morgan fingerprint density at radius 3 is 2.75 bits per heavy atom. The third kappa shape index (κ3) is 2.43. The van der Waals surface area contributed by atoms with Crippen LogP contribution in [0.3, 0.4) is 0 Å². The van der Waals surface area contributed by atoms with Crippen molar-refractivity contribution in [1.82, 2.24) is 9.78 Å². The maximum Gasteiger partial charge on any atom is 0.310 e. The second-order valence-electron chi connectivity index (χ2n) is 5.43. The van der Waals surface area contributed by atoms with E-state index in [1.807, 2.05) is 40.2 Å². The van der Waals surface area contributed by atoms with Crippen LogP contribution in [-0.2, 0) is 16.6 Å². The Labute approximate surface area is 95.6 Å². The molecule has 1 fully saturated rings. The van der Waals surface area contributed by atoms with Gasteiger partial charge in [0.05, 0.1) is 12.1 Å². The summed E-state index contributed by atoms with van der Waals surface area (Å²) in [6.45, 7) is 5.69. The van der Waals surface area contributed by atoms with Crippen molar-refractivity contribution in [3.8, 4) is 0 Å². The van der Waals surface area contributed by atoms with Crippen molar-refractivity contribution in [3.05, 3.63) is 18.0 Å². The number of carbonyl (C=O) groups is 1. The monoisotopic (exact) mass is 222 g/mol. The molecule has 1 aliphatic carbocycles. The van der Waals surface area contributed by atoms with Gasteiger partial charge in [-0.05, 0) is 32.8 Å². The van der Waals surface area contributed by atoms with Crippen LogP contribution in [0, 0.1) is 5.92 Å². The molecule has 88 valence electrons. The van der Waals surface area contributed by atoms with Gasteiger partial charge in [-0.25, -0.2) is 0 Å². The first-order valence-corrected chi connectivity index (χ1v) is 5.58. The lowest BCUT2D eigenvalue weighted by Crippen LogP contribution is -2.25. The largest absolute Gasteiger partial charge is 0.460 e. The average Bonchev–Trinajstić information content (AvgIpc) is 2.81. The number of hydrogen-bond donors (Lipinski definition) is 0. The van der Waals surface area contributed by atoms with Crippen LogP contribution >= 0.6 is 0 Å². The van der Waals surface area contributed by atoms with E-state index in [1.54, 1.807) is 4.68 Å². The van der Waals surface area contributed by atoms with E-state index in [0.29, 0.717) is 5.92 Å². The van der Waals surface area contributed by atoms with E-state index in [-0.39, 0.29) is 17.5 Å². The number of esters is 1. The van der Waals surface area contributed by atoms with E-state index in [2.05, 4.69) is 5.10 Å². The minimum atomic E-state index is -0.390. The number of carbonyl (C=O) groups excluding carboxylic acids is 1. The summed E-state index contributed by atoms with van der Waals surface area (Å²) in [5.41, 5.74) is 0.748. The molecule has 0 radical (unpaired) electrons. The number of aryl methyl sites for hydroxylation is 1. The zero-order chi connectivity index (χ0) is 11.9. The topological polar surface area (TPSA) is 44.1 Å². The second-order valence-corrected chi connectivity index (χ2v) is 5.43. The summed E-state index contributed by atoms with van der Waals surface area (Å²) < 4.78 is 7.12. The van der Waals surface area contributed by atoms with Crippen LogP contribution in [0.4, 0.5) is 0 Å². The summed E-state index contributed by atoms with van der Waals surface area (Å²) in [5.74, 6) is 0.258. The molecule has 0 N–H and O–H groups in total. The molecule has 4 nitrogen and oxygen atoms in total. The molecule has 1 aromatic heterocycles. The minimum absolute atomic E-state index is 0.0309. The molecular formula is C12H18N2O2. The first-order valence-electron chi connectivity index (χ1n) is 5.58. The number of aromatic nitrogens is 2. The molecular weight excluding hydrogens is 204 g/mol. The van der Waals surface area contributed by atoms with Crippen LogP contribution in [0.15, 0.2) is 12.4 Å². The van der Waals surface area contributed by atoms with E-state index in [9.17, 15) is 4.79 Å². The molecule has 0 unspecified atom stereocenters. The fraction of sp³-hybridized carbons (Fsp3) is 0.667. The number of hydrogen-bond acceptors (Lipinski definition) is 3. The molecule has 2 rings (SSSR count). The van der Waals surface area contributed by atoms with E-state index in [0.717, 1.165) is 12.0 Å². The van der Waals surface area contributed by atoms with Gasteiger partial charge in [-0.2, -0.15) is 5.10 Å². The zero-order valence-corrected chi connectivity index (χ0v) is 10.2. The Balaban J connectivity index is 1.94. The average molecular weight is 222 g/mol. The number of ether oxygens (including phenoxy) is 1. The van der Waals surface area contributed by atoms with Gasteiger partial charge in [0.2, 0.25) is 0 Å². The minimum Gasteiger partial charge on any atom is -0.460 e. The van der Waals surface area contributed by atoms with Crippen LogP contribution in [0.25, 0.3) is 0 Å². The maximum absolute atomic E-state index is 11.8. The molecule has 4 heteroatoms. The van der Waals surface area contributed by atoms with E-state index >= 15 is 0 Å². The molecule has 1 saturated carbocycles. The van der Waals surface area contributed by atoms with Gasteiger partial charge in [0.15, 0.2) is 0 Å². The highest BCUT2D eigenvalue weighted by atomic mass is 16.6. The second kappa shape index (κ2) is 3.61. The highest BCUT2D eigenvalue weighted by Gasteiger charge is 2.46. The Hall–Kier alpha value is -1.32. The standard InChI is InChI=1S/C12H18N2O2/c1-12(2,3)16-11(15)10-5-9(10)8-6-13-14(4)7-8/h6-7,9-10H,5H2,1-4H3/t9-,10+/m0/s1. The van der Waals surface area contributed by atoms with Crippen molar-refractivity contribution in [3.63, 3.8) is 0 Å². The Morgan fingerprint density at radius 1 is 1.56 bits per heavy atom. The van der Waals surface area contributed by atoms with Gasteiger partial charge in [-0.15, -0.1) is 0 Å². The summed E-state index contributed by atoms with van der Waals surface area (Å²) in [5, 5.41) is 4.11. The lowest BCUT2D eigenvalue weighted by Gasteiger charge is -2.19. The molecule has 1 aliphatic rings. The molecule has 2 atom stereocenters. The summed E-state index contributed by atoms with van der Waals surface area (Å²) in [6.07, 6.45) is 4.69. The lowest BCUT2D eigenvalue weighted by molar-refractivity contribution is -0.156. The summed E-state index contributed by atoms with van der Waals surface area (Å²) in [4.78, 5) is 11.8. The van der Waals surface area contributed by atoms with Crippen LogP contribution < -0.4 is 0 Å². The molecule has 0 amide bonds. The molecule has 0 spiro atoms. The van der Waals surface area contributed by atoms with Crippen molar-refractivity contribution in [2.45, 2.75) is 38.7 Å². The van der Waals surface area contributed by atoms with Crippen molar-refractivity contribution in [1.29, 1.82) is 0 Å². The lowest BCUT2D eigenvalue weighted by atomic mass is 10.1. The fourth-order valence-corrected chi connectivity index (χ4v) is 1.83. The number of nitrogens with zero attached hydrogens (tertiary/aromatic N) is 2. The van der Waals surface area contributed by atoms with Gasteiger partial charge < -0.3 is 4.74 Å². The summed E-state index contributed by atoms with van der Waals surface area (Å²) in [6, 6.07) is 0. The number of rotatable bonds is 2. The molecule has 0 aliphatic heterocycles. The smallest absolute Gasteiger partial charge is 0.310 e. The molecule has 0 bridgehead atoms. The van der Waals surface area contributed by atoms with Crippen LogP contribution in [0.5, 0.6) is 0 Å². The van der Waals surface area contributed by atoms with Crippen molar-refractivity contribution < 1.29 is 9.53 Å². The first kappa shape index (κ1) is 11.2. The molecule has 1 aromatic rings. The van der Waals surface area contributed by atoms with Gasteiger partial charge in [0.1, 0.15) is 5.60 Å². The zero-order valence-electron chi connectivity index (χ0n) is 10.2. The summed E-state index contributed by atoms with van der Waals surface area (Å²) in [7, 11) is 1.88. The molecule has 16 heavy (non-hydrogen) atoms. The normalized spacial score (nSPS) is 24.2. The highest BCUT2D eigenvalue weighted by molar-refractivity contribution is 5.77. The molecule has 1 heterocycles. The molecule has 0 saturated heterocycles. The van der Waals surface area contributed by atoms with E-state index < -0.39 is 0 Å². The SMILES string of the molecule is Cn1cc([C@@H]2C[C@H]2C(=O)OC(C)(C)C)cn1. The van der Waals surface area contributed by atoms with Crippen molar-refractivity contribution in [2.24, 2.45) is 13.0 Å². The van der Waals surface area contributed by atoms with Crippen molar-refractivity contribution in [2.75, 3.05) is 0 Å². The van der Waals surface area contributed by atoms with Gasteiger partial charge >= 0.3 is 5.97 Å². The van der Waals surface area contributed by atoms with E-state index in [4.69, 9.17) is 4.74 Å². The highest BCUT2D eigenvalue weighted by Crippen LogP contribution is 2.48. The van der Waals surface area contributed by atoms with Gasteiger partial charge in [0, 0.05) is 19.2 Å². The summed E-state index contributed by atoms with van der Waals surface area (Å²) >= 11 is 0. The predicted molar refractivity (Wildman–Crippen MR) is 59.9 cm³/mol. The van der Waals surface area contributed by atoms with Crippen LogP contribution in [0.2, 0.25) is 0 Å². The maximum atomic E-state index is 11.8. The third-order valence-corrected chi connectivity index (χ3v) is 2.65. The predicted octanol–water partition coefficient (Wildman–Crippen LogP) is 1.87. The van der Waals surface area contributed by atoms with Gasteiger partial charge in [0.25, 0.3) is 0 Å². The Morgan fingerprint density at radius 2 is 2.25 bits per heavy atom.